The van der Waals surface area contributed by atoms with Gasteiger partial charge in [-0.25, -0.2) is 15.1 Å². The Morgan fingerprint density at radius 2 is 1.96 bits per heavy atom. The molecule has 1 N–H and O–H groups in total. The van der Waals surface area contributed by atoms with Crippen molar-refractivity contribution in [2.24, 2.45) is 5.10 Å². The lowest BCUT2D eigenvalue weighted by atomic mass is 10.2. The first-order valence-electron chi connectivity index (χ1n) is 6.62. The van der Waals surface area contributed by atoms with Gasteiger partial charge < -0.3 is 14.2 Å². The van der Waals surface area contributed by atoms with E-state index in [1.807, 2.05) is 0 Å². The number of carbonyl (C=O) groups is 1. The minimum atomic E-state index is -0.320. The normalized spacial score (nSPS) is 10.6. The molecule has 0 unspecified atom stereocenters. The summed E-state index contributed by atoms with van der Waals surface area (Å²) in [7, 11) is 4.58. The van der Waals surface area contributed by atoms with Gasteiger partial charge >= 0.3 is 0 Å². The number of aromatic nitrogens is 3. The second-order valence-electron chi connectivity index (χ2n) is 4.34. The molecule has 1 aromatic carbocycles. The summed E-state index contributed by atoms with van der Waals surface area (Å²) < 4.78 is 17.1. The molecular formula is C14H17N5O4. The van der Waals surface area contributed by atoms with E-state index >= 15 is 0 Å². The van der Waals surface area contributed by atoms with Gasteiger partial charge in [0.15, 0.2) is 11.5 Å². The molecule has 1 heterocycles. The minimum absolute atomic E-state index is 0.0343. The number of nitrogens with one attached hydrogen (secondary N) is 1. The molecule has 0 saturated carbocycles. The molecule has 0 atom stereocenters. The number of nitrogens with zero attached hydrogens (tertiary/aromatic N) is 4. The van der Waals surface area contributed by atoms with Gasteiger partial charge in [0, 0.05) is 5.56 Å². The van der Waals surface area contributed by atoms with Gasteiger partial charge in [0.25, 0.3) is 5.91 Å². The Morgan fingerprint density at radius 3 is 2.48 bits per heavy atom. The molecule has 23 heavy (non-hydrogen) atoms. The molecule has 122 valence electrons. The summed E-state index contributed by atoms with van der Waals surface area (Å²) in [5.74, 6) is 1.17. The summed E-state index contributed by atoms with van der Waals surface area (Å²) in [6.45, 7) is 0.0343. The van der Waals surface area contributed by atoms with Crippen LogP contribution in [0.2, 0.25) is 0 Å². The molecule has 0 radical (unpaired) electrons. The molecule has 2 aromatic rings. The molecule has 2 rings (SSSR count). The van der Waals surface area contributed by atoms with Crippen LogP contribution in [0.1, 0.15) is 5.56 Å². The summed E-state index contributed by atoms with van der Waals surface area (Å²) in [5, 5.41) is 7.72. The van der Waals surface area contributed by atoms with E-state index in [0.29, 0.717) is 22.8 Å². The first-order chi connectivity index (χ1) is 11.2. The lowest BCUT2D eigenvalue weighted by Crippen LogP contribution is -2.23. The Labute approximate surface area is 132 Å². The summed E-state index contributed by atoms with van der Waals surface area (Å²) in [6, 6.07) is 3.43. The van der Waals surface area contributed by atoms with Crippen LogP contribution in [0.15, 0.2) is 29.9 Å². The van der Waals surface area contributed by atoms with Crippen molar-refractivity contribution in [3.8, 4) is 17.2 Å². The van der Waals surface area contributed by atoms with Crippen molar-refractivity contribution in [1.82, 2.24) is 20.2 Å². The van der Waals surface area contributed by atoms with Crippen molar-refractivity contribution in [2.75, 3.05) is 21.3 Å². The maximum absolute atomic E-state index is 11.7. The molecule has 0 fully saturated rings. The fourth-order valence-corrected chi connectivity index (χ4v) is 1.85. The number of rotatable bonds is 7. The lowest BCUT2D eigenvalue weighted by molar-refractivity contribution is -0.121. The minimum Gasteiger partial charge on any atom is -0.493 e. The van der Waals surface area contributed by atoms with Crippen molar-refractivity contribution >= 4 is 12.1 Å². The number of hydrogen-bond acceptors (Lipinski definition) is 7. The van der Waals surface area contributed by atoms with Crippen molar-refractivity contribution < 1.29 is 19.0 Å². The molecule has 0 saturated heterocycles. The topological polar surface area (TPSA) is 99.9 Å². The molecule has 9 heteroatoms. The zero-order chi connectivity index (χ0) is 16.7. The first kappa shape index (κ1) is 16.3. The molecule has 0 aliphatic carbocycles. The SMILES string of the molecule is COc1cc(/C=N\NC(=O)Cn2cncn2)cc(OC)c1OC. The molecule has 9 nitrogen and oxygen atoms in total. The van der Waals surface area contributed by atoms with Crippen molar-refractivity contribution in [2.45, 2.75) is 6.54 Å². The zero-order valence-corrected chi connectivity index (χ0v) is 13.0. The predicted octanol–water partition coefficient (Wildman–Crippen LogP) is 0.454. The number of benzene rings is 1. The monoisotopic (exact) mass is 319 g/mol. The van der Waals surface area contributed by atoms with E-state index in [1.165, 1.54) is 44.9 Å². The predicted molar refractivity (Wildman–Crippen MR) is 81.9 cm³/mol. The second kappa shape index (κ2) is 7.78. The Morgan fingerprint density at radius 1 is 1.26 bits per heavy atom. The van der Waals surface area contributed by atoms with Crippen molar-refractivity contribution in [3.63, 3.8) is 0 Å². The highest BCUT2D eigenvalue weighted by Gasteiger charge is 2.12. The highest BCUT2D eigenvalue weighted by Crippen LogP contribution is 2.37. The molecule has 0 aliphatic rings. The second-order valence-corrected chi connectivity index (χ2v) is 4.34. The third kappa shape index (κ3) is 4.19. The molecule has 0 aliphatic heterocycles. The largest absolute Gasteiger partial charge is 0.493 e. The molecule has 0 bridgehead atoms. The summed E-state index contributed by atoms with van der Waals surface area (Å²) >= 11 is 0. The van der Waals surface area contributed by atoms with E-state index in [1.54, 1.807) is 12.1 Å². The van der Waals surface area contributed by atoms with Crippen LogP contribution in [0.3, 0.4) is 0 Å². The fraction of sp³-hybridized carbons (Fsp3) is 0.286. The third-order valence-corrected chi connectivity index (χ3v) is 2.86. The van der Waals surface area contributed by atoms with Gasteiger partial charge in [-0.2, -0.15) is 10.2 Å². The molecule has 0 spiro atoms. The van der Waals surface area contributed by atoms with E-state index < -0.39 is 0 Å². The van der Waals surface area contributed by atoms with Gasteiger partial charge in [0.1, 0.15) is 19.2 Å². The Kier molecular flexibility index (Phi) is 5.50. The number of amides is 1. The van der Waals surface area contributed by atoms with Crippen LogP contribution >= 0.6 is 0 Å². The van der Waals surface area contributed by atoms with Crippen LogP contribution < -0.4 is 19.6 Å². The Balaban J connectivity index is 2.05. The third-order valence-electron chi connectivity index (χ3n) is 2.86. The average molecular weight is 319 g/mol. The maximum Gasteiger partial charge on any atom is 0.261 e. The fourth-order valence-electron chi connectivity index (χ4n) is 1.85. The lowest BCUT2D eigenvalue weighted by Gasteiger charge is -2.12. The summed E-state index contributed by atoms with van der Waals surface area (Å²) in [4.78, 5) is 15.4. The van der Waals surface area contributed by atoms with Gasteiger partial charge in [-0.1, -0.05) is 0 Å². The van der Waals surface area contributed by atoms with Crippen LogP contribution in [0.5, 0.6) is 17.2 Å². The zero-order valence-electron chi connectivity index (χ0n) is 13.0. The molecular weight excluding hydrogens is 302 g/mol. The average Bonchev–Trinajstić information content (AvgIpc) is 3.06. The van der Waals surface area contributed by atoms with E-state index in [2.05, 4.69) is 20.6 Å². The van der Waals surface area contributed by atoms with Gasteiger partial charge in [0.2, 0.25) is 5.75 Å². The number of hydrazone groups is 1. The highest BCUT2D eigenvalue weighted by atomic mass is 16.5. The van der Waals surface area contributed by atoms with Crippen LogP contribution in [0, 0.1) is 0 Å². The van der Waals surface area contributed by atoms with Crippen LogP contribution in [-0.2, 0) is 11.3 Å². The van der Waals surface area contributed by atoms with Crippen LogP contribution in [-0.4, -0.2) is 48.2 Å². The van der Waals surface area contributed by atoms with Crippen molar-refractivity contribution in [1.29, 1.82) is 0 Å². The van der Waals surface area contributed by atoms with Gasteiger partial charge in [-0.15, -0.1) is 0 Å². The van der Waals surface area contributed by atoms with Crippen molar-refractivity contribution in [3.05, 3.63) is 30.4 Å². The molecule has 1 amide bonds. The Hall–Kier alpha value is -3.10. The van der Waals surface area contributed by atoms with E-state index in [0.717, 1.165) is 0 Å². The number of carbonyl (C=O) groups excluding carboxylic acids is 1. The van der Waals surface area contributed by atoms with E-state index in [4.69, 9.17) is 14.2 Å². The Bertz CT molecular complexity index is 659. The maximum atomic E-state index is 11.7. The summed E-state index contributed by atoms with van der Waals surface area (Å²) in [5.41, 5.74) is 3.08. The number of hydrogen-bond donors (Lipinski definition) is 1. The molecule has 1 aromatic heterocycles. The highest BCUT2D eigenvalue weighted by molar-refractivity contribution is 5.84. The standard InChI is InChI=1S/C14H17N5O4/c1-21-11-4-10(5-12(22-2)14(11)23-3)6-16-18-13(20)7-19-9-15-8-17-19/h4-6,8-9H,7H2,1-3H3,(H,18,20)/b16-6-. The quantitative estimate of drug-likeness (QED) is 0.588. The van der Waals surface area contributed by atoms with Gasteiger partial charge in [-0.05, 0) is 12.1 Å². The van der Waals surface area contributed by atoms with Gasteiger partial charge in [0.05, 0.1) is 27.5 Å². The van der Waals surface area contributed by atoms with Crippen LogP contribution in [0.25, 0.3) is 0 Å². The number of ether oxygens (including phenoxy) is 3. The van der Waals surface area contributed by atoms with Crippen LogP contribution in [0.4, 0.5) is 0 Å². The summed E-state index contributed by atoms with van der Waals surface area (Å²) in [6.07, 6.45) is 4.28. The van der Waals surface area contributed by atoms with E-state index in [-0.39, 0.29) is 12.5 Å². The first-order valence-corrected chi connectivity index (χ1v) is 6.62. The smallest absolute Gasteiger partial charge is 0.261 e. The number of methoxy groups -OCH3 is 3. The van der Waals surface area contributed by atoms with E-state index in [9.17, 15) is 4.79 Å². The van der Waals surface area contributed by atoms with Gasteiger partial charge in [-0.3, -0.25) is 4.79 Å².